The summed E-state index contributed by atoms with van der Waals surface area (Å²) >= 11 is 0. The van der Waals surface area contributed by atoms with Crippen molar-refractivity contribution in [2.24, 2.45) is 0 Å². The number of esters is 1. The van der Waals surface area contributed by atoms with Crippen LogP contribution in [-0.4, -0.2) is 23.4 Å². The zero-order valence-corrected chi connectivity index (χ0v) is 11.4. The minimum atomic E-state index is -0.378. The van der Waals surface area contributed by atoms with Crippen LogP contribution in [0.2, 0.25) is 0 Å². The number of carbonyl (C=O) groups excluding carboxylic acids is 2. The van der Waals surface area contributed by atoms with E-state index in [9.17, 15) is 9.59 Å². The number of ketones is 1. The smallest absolute Gasteiger partial charge is 0.337 e. The molecule has 0 amide bonds. The highest BCUT2D eigenvalue weighted by Crippen LogP contribution is 2.17. The van der Waals surface area contributed by atoms with Crippen molar-refractivity contribution in [3.63, 3.8) is 0 Å². The van der Waals surface area contributed by atoms with E-state index in [1.807, 2.05) is 6.07 Å². The van der Waals surface area contributed by atoms with Crippen molar-refractivity contribution in [1.29, 1.82) is 0 Å². The van der Waals surface area contributed by atoms with Crippen molar-refractivity contribution < 1.29 is 14.3 Å². The molecule has 0 aliphatic rings. The van der Waals surface area contributed by atoms with E-state index in [0.717, 1.165) is 5.56 Å². The standard InChI is InChI=1S/C15H16N2O3/c1-10(18)13-6-7-17(14(13)16)9-11-4-3-5-12(8-11)15(19)20-2/h3-8H,9,16H2,1-2H3. The number of rotatable bonds is 4. The van der Waals surface area contributed by atoms with Crippen molar-refractivity contribution >= 4 is 17.6 Å². The summed E-state index contributed by atoms with van der Waals surface area (Å²) in [4.78, 5) is 22.8. The topological polar surface area (TPSA) is 74.3 Å². The van der Waals surface area contributed by atoms with E-state index in [0.29, 0.717) is 23.5 Å². The molecule has 0 radical (unpaired) electrons. The van der Waals surface area contributed by atoms with E-state index in [2.05, 4.69) is 4.74 Å². The van der Waals surface area contributed by atoms with Gasteiger partial charge in [0.2, 0.25) is 0 Å². The van der Waals surface area contributed by atoms with Gasteiger partial charge in [0.05, 0.1) is 18.2 Å². The fourth-order valence-corrected chi connectivity index (χ4v) is 2.03. The van der Waals surface area contributed by atoms with Gasteiger partial charge in [0.15, 0.2) is 5.78 Å². The van der Waals surface area contributed by atoms with Gasteiger partial charge in [-0.15, -0.1) is 0 Å². The van der Waals surface area contributed by atoms with Crippen LogP contribution < -0.4 is 5.73 Å². The van der Waals surface area contributed by atoms with Gasteiger partial charge in [0.1, 0.15) is 5.82 Å². The zero-order chi connectivity index (χ0) is 14.7. The monoisotopic (exact) mass is 272 g/mol. The summed E-state index contributed by atoms with van der Waals surface area (Å²) in [6.45, 7) is 1.97. The minimum Gasteiger partial charge on any atom is -0.465 e. The third kappa shape index (κ3) is 2.71. The zero-order valence-electron chi connectivity index (χ0n) is 11.4. The van der Waals surface area contributed by atoms with Gasteiger partial charge in [-0.25, -0.2) is 4.79 Å². The predicted molar refractivity (Wildman–Crippen MR) is 75.7 cm³/mol. The Morgan fingerprint density at radius 2 is 2.05 bits per heavy atom. The molecule has 2 rings (SSSR count). The lowest BCUT2D eigenvalue weighted by molar-refractivity contribution is 0.0600. The molecular formula is C15H16N2O3. The first-order chi connectivity index (χ1) is 9.52. The van der Waals surface area contributed by atoms with Crippen LogP contribution in [-0.2, 0) is 11.3 Å². The number of Topliss-reactive ketones (excluding diaryl/α,β-unsaturated/α-hetero) is 1. The van der Waals surface area contributed by atoms with Crippen LogP contribution in [0.15, 0.2) is 36.5 Å². The lowest BCUT2D eigenvalue weighted by Gasteiger charge is -2.08. The molecule has 0 aliphatic carbocycles. The molecule has 0 unspecified atom stereocenters. The Hall–Kier alpha value is -2.56. The third-order valence-electron chi connectivity index (χ3n) is 3.09. The maximum absolute atomic E-state index is 11.5. The summed E-state index contributed by atoms with van der Waals surface area (Å²) in [5.41, 5.74) is 7.83. The molecule has 0 saturated heterocycles. The first-order valence-electron chi connectivity index (χ1n) is 6.15. The van der Waals surface area contributed by atoms with Gasteiger partial charge in [-0.2, -0.15) is 0 Å². The van der Waals surface area contributed by atoms with Crippen LogP contribution in [0.5, 0.6) is 0 Å². The minimum absolute atomic E-state index is 0.0652. The molecule has 0 saturated carbocycles. The lowest BCUT2D eigenvalue weighted by Crippen LogP contribution is -2.07. The van der Waals surface area contributed by atoms with Crippen molar-refractivity contribution in [3.05, 3.63) is 53.2 Å². The molecular weight excluding hydrogens is 256 g/mol. The van der Waals surface area contributed by atoms with Crippen molar-refractivity contribution in [2.75, 3.05) is 12.8 Å². The predicted octanol–water partition coefficient (Wildman–Crippen LogP) is 2.11. The number of methoxy groups -OCH3 is 1. The number of hydrogen-bond acceptors (Lipinski definition) is 4. The largest absolute Gasteiger partial charge is 0.465 e. The van der Waals surface area contributed by atoms with Gasteiger partial charge < -0.3 is 15.0 Å². The molecule has 20 heavy (non-hydrogen) atoms. The molecule has 1 aromatic heterocycles. The lowest BCUT2D eigenvalue weighted by atomic mass is 10.1. The molecule has 2 N–H and O–H groups in total. The summed E-state index contributed by atoms with van der Waals surface area (Å²) in [6.07, 6.45) is 1.76. The second-order valence-electron chi connectivity index (χ2n) is 4.49. The Labute approximate surface area is 117 Å². The van der Waals surface area contributed by atoms with E-state index < -0.39 is 0 Å². The normalized spacial score (nSPS) is 10.3. The molecule has 1 aromatic carbocycles. The number of carbonyl (C=O) groups is 2. The number of nitrogens with two attached hydrogens (primary N) is 1. The second kappa shape index (κ2) is 5.61. The summed E-state index contributed by atoms with van der Waals surface area (Å²) in [6, 6.07) is 8.81. The Morgan fingerprint density at radius 1 is 1.30 bits per heavy atom. The van der Waals surface area contributed by atoms with Gasteiger partial charge in [-0.3, -0.25) is 4.79 Å². The van der Waals surface area contributed by atoms with Crippen LogP contribution in [0, 0.1) is 0 Å². The Kier molecular flexibility index (Phi) is 3.89. The van der Waals surface area contributed by atoms with Crippen LogP contribution in [0.4, 0.5) is 5.82 Å². The number of nitrogen functional groups attached to an aromatic ring is 1. The number of aromatic nitrogens is 1. The maximum Gasteiger partial charge on any atom is 0.337 e. The molecule has 0 fully saturated rings. The van der Waals surface area contributed by atoms with E-state index >= 15 is 0 Å². The average molecular weight is 272 g/mol. The Morgan fingerprint density at radius 3 is 2.65 bits per heavy atom. The summed E-state index contributed by atoms with van der Waals surface area (Å²) < 4.78 is 6.46. The molecule has 0 bridgehead atoms. The molecule has 0 aliphatic heterocycles. The number of nitrogens with zero attached hydrogens (tertiary/aromatic N) is 1. The van der Waals surface area contributed by atoms with Crippen LogP contribution in [0.3, 0.4) is 0 Å². The van der Waals surface area contributed by atoms with Crippen LogP contribution in [0.1, 0.15) is 33.2 Å². The van der Waals surface area contributed by atoms with Gasteiger partial charge >= 0.3 is 5.97 Å². The Balaban J connectivity index is 2.26. The first-order valence-corrected chi connectivity index (χ1v) is 6.15. The van der Waals surface area contributed by atoms with Crippen molar-refractivity contribution in [1.82, 2.24) is 4.57 Å². The van der Waals surface area contributed by atoms with Gasteiger partial charge in [-0.1, -0.05) is 12.1 Å². The van der Waals surface area contributed by atoms with Crippen molar-refractivity contribution in [3.8, 4) is 0 Å². The van der Waals surface area contributed by atoms with E-state index in [1.165, 1.54) is 14.0 Å². The molecule has 0 atom stereocenters. The highest BCUT2D eigenvalue weighted by atomic mass is 16.5. The number of ether oxygens (including phenoxy) is 1. The highest BCUT2D eigenvalue weighted by molar-refractivity contribution is 5.98. The molecule has 2 aromatic rings. The molecule has 5 nitrogen and oxygen atoms in total. The molecule has 5 heteroatoms. The van der Waals surface area contributed by atoms with Crippen LogP contribution >= 0.6 is 0 Å². The highest BCUT2D eigenvalue weighted by Gasteiger charge is 2.11. The molecule has 104 valence electrons. The SMILES string of the molecule is COC(=O)c1cccc(Cn2ccc(C(C)=O)c2N)c1. The maximum atomic E-state index is 11.5. The Bertz CT molecular complexity index is 659. The fraction of sp³-hybridized carbons (Fsp3) is 0.200. The number of benzene rings is 1. The first kappa shape index (κ1) is 13.9. The van der Waals surface area contributed by atoms with E-state index in [-0.39, 0.29) is 11.8 Å². The van der Waals surface area contributed by atoms with Crippen molar-refractivity contribution in [2.45, 2.75) is 13.5 Å². The molecule has 0 spiro atoms. The fourth-order valence-electron chi connectivity index (χ4n) is 2.03. The van der Waals surface area contributed by atoms with Gasteiger partial charge in [0.25, 0.3) is 0 Å². The van der Waals surface area contributed by atoms with E-state index in [1.54, 1.807) is 35.0 Å². The van der Waals surface area contributed by atoms with Crippen LogP contribution in [0.25, 0.3) is 0 Å². The average Bonchev–Trinajstić information content (AvgIpc) is 2.80. The molecule has 1 heterocycles. The van der Waals surface area contributed by atoms with Gasteiger partial charge in [-0.05, 0) is 30.7 Å². The van der Waals surface area contributed by atoms with Gasteiger partial charge in [0, 0.05) is 12.7 Å². The summed E-state index contributed by atoms with van der Waals surface area (Å²) in [7, 11) is 1.35. The number of hydrogen-bond donors (Lipinski definition) is 1. The summed E-state index contributed by atoms with van der Waals surface area (Å²) in [5, 5.41) is 0. The third-order valence-corrected chi connectivity index (χ3v) is 3.09. The summed E-state index contributed by atoms with van der Waals surface area (Å²) in [5.74, 6) is -0.0118. The second-order valence-corrected chi connectivity index (χ2v) is 4.49. The quantitative estimate of drug-likeness (QED) is 0.683. The van der Waals surface area contributed by atoms with E-state index in [4.69, 9.17) is 5.73 Å². The number of anilines is 1.